The fourth-order valence-electron chi connectivity index (χ4n) is 2.09. The lowest BCUT2D eigenvalue weighted by molar-refractivity contribution is 0.216. The zero-order chi connectivity index (χ0) is 13.7. The second-order valence-corrected chi connectivity index (χ2v) is 4.25. The van der Waals surface area contributed by atoms with E-state index < -0.39 is 0 Å². The molecule has 0 aromatic heterocycles. The summed E-state index contributed by atoms with van der Waals surface area (Å²) in [6.45, 7) is 0. The minimum atomic E-state index is -0.236. The molecule has 0 radical (unpaired) electrons. The predicted molar refractivity (Wildman–Crippen MR) is 73.8 cm³/mol. The first-order valence-electron chi connectivity index (χ1n) is 6.20. The van der Waals surface area contributed by atoms with Crippen LogP contribution < -0.4 is 0 Å². The Morgan fingerprint density at radius 3 is 2.68 bits per heavy atom. The Morgan fingerprint density at radius 2 is 2.00 bits per heavy atom. The zero-order valence-corrected chi connectivity index (χ0v) is 11.2. The maximum Gasteiger partial charge on any atom is 0.163 e. The lowest BCUT2D eigenvalue weighted by Crippen LogP contribution is -2.03. The van der Waals surface area contributed by atoms with Gasteiger partial charge in [0.15, 0.2) is 5.76 Å². The van der Waals surface area contributed by atoms with Crippen molar-refractivity contribution in [2.24, 2.45) is 0 Å². The van der Waals surface area contributed by atoms with Gasteiger partial charge in [-0.05, 0) is 24.1 Å². The molecule has 0 saturated heterocycles. The number of hydrogen-bond donors (Lipinski definition) is 0. The molecule has 1 aromatic carbocycles. The van der Waals surface area contributed by atoms with Crippen molar-refractivity contribution in [3.63, 3.8) is 0 Å². The summed E-state index contributed by atoms with van der Waals surface area (Å²) in [4.78, 5) is 0. The quantitative estimate of drug-likeness (QED) is 0.812. The molecule has 0 aliphatic heterocycles. The van der Waals surface area contributed by atoms with E-state index in [0.29, 0.717) is 0 Å². The van der Waals surface area contributed by atoms with E-state index in [-0.39, 0.29) is 5.82 Å². The minimum absolute atomic E-state index is 0.236. The number of rotatable bonds is 4. The van der Waals surface area contributed by atoms with Gasteiger partial charge in [0, 0.05) is 12.0 Å². The van der Waals surface area contributed by atoms with Crippen LogP contribution in [0.4, 0.5) is 4.39 Å². The summed E-state index contributed by atoms with van der Waals surface area (Å²) >= 11 is 0. The van der Waals surface area contributed by atoms with Gasteiger partial charge in [0.1, 0.15) is 11.6 Å². The first-order chi connectivity index (χ1) is 9.24. The van der Waals surface area contributed by atoms with Gasteiger partial charge in [0.05, 0.1) is 14.2 Å². The van der Waals surface area contributed by atoms with Crippen molar-refractivity contribution >= 4 is 6.08 Å². The van der Waals surface area contributed by atoms with E-state index in [1.807, 2.05) is 18.2 Å². The molecular weight excluding hydrogens is 243 g/mol. The maximum absolute atomic E-state index is 13.1. The summed E-state index contributed by atoms with van der Waals surface area (Å²) in [7, 11) is 3.27. The molecule has 3 heteroatoms. The van der Waals surface area contributed by atoms with Gasteiger partial charge in [-0.25, -0.2) is 4.39 Å². The highest BCUT2D eigenvalue weighted by Crippen LogP contribution is 2.27. The second kappa shape index (κ2) is 6.23. The van der Waals surface area contributed by atoms with Gasteiger partial charge >= 0.3 is 0 Å². The topological polar surface area (TPSA) is 18.5 Å². The van der Waals surface area contributed by atoms with Crippen LogP contribution in [-0.2, 0) is 9.47 Å². The van der Waals surface area contributed by atoms with Crippen LogP contribution in [0.15, 0.2) is 53.5 Å². The molecular formula is C16H17FO2. The van der Waals surface area contributed by atoms with E-state index in [1.165, 1.54) is 12.1 Å². The molecule has 0 N–H and O–H groups in total. The fraction of sp³-hybridized carbons (Fsp3) is 0.250. The molecule has 100 valence electrons. The van der Waals surface area contributed by atoms with Crippen LogP contribution in [0, 0.1) is 5.82 Å². The van der Waals surface area contributed by atoms with Crippen molar-refractivity contribution in [1.82, 2.24) is 0 Å². The van der Waals surface area contributed by atoms with Crippen molar-refractivity contribution in [2.45, 2.75) is 12.8 Å². The van der Waals surface area contributed by atoms with Crippen molar-refractivity contribution in [2.75, 3.05) is 14.2 Å². The predicted octanol–water partition coefficient (Wildman–Crippen LogP) is 4.06. The van der Waals surface area contributed by atoms with Gasteiger partial charge < -0.3 is 9.47 Å². The smallest absolute Gasteiger partial charge is 0.163 e. The van der Waals surface area contributed by atoms with Crippen molar-refractivity contribution in [1.29, 1.82) is 0 Å². The van der Waals surface area contributed by atoms with Crippen LogP contribution in [0.25, 0.3) is 6.08 Å². The van der Waals surface area contributed by atoms with E-state index >= 15 is 0 Å². The third-order valence-corrected chi connectivity index (χ3v) is 3.01. The Hall–Kier alpha value is -2.03. The van der Waals surface area contributed by atoms with Gasteiger partial charge in [-0.15, -0.1) is 0 Å². The van der Waals surface area contributed by atoms with Gasteiger partial charge in [0.2, 0.25) is 0 Å². The molecule has 0 atom stereocenters. The van der Waals surface area contributed by atoms with Crippen LogP contribution in [0.2, 0.25) is 0 Å². The van der Waals surface area contributed by atoms with E-state index in [9.17, 15) is 4.39 Å². The Balaban J connectivity index is 2.23. The number of halogens is 1. The van der Waals surface area contributed by atoms with Crippen LogP contribution in [0.5, 0.6) is 0 Å². The van der Waals surface area contributed by atoms with Crippen LogP contribution in [-0.4, -0.2) is 14.2 Å². The molecule has 1 aliphatic carbocycles. The minimum Gasteiger partial charge on any atom is -0.497 e. The molecule has 0 bridgehead atoms. The Labute approximate surface area is 112 Å². The zero-order valence-electron chi connectivity index (χ0n) is 11.2. The summed E-state index contributed by atoms with van der Waals surface area (Å²) in [5.74, 6) is 1.37. The molecule has 0 unspecified atom stereocenters. The van der Waals surface area contributed by atoms with Gasteiger partial charge in [-0.3, -0.25) is 0 Å². The fourth-order valence-corrected chi connectivity index (χ4v) is 2.09. The average Bonchev–Trinajstić information content (AvgIpc) is 2.44. The van der Waals surface area contributed by atoms with Crippen LogP contribution in [0.1, 0.15) is 18.4 Å². The molecule has 1 aromatic rings. The van der Waals surface area contributed by atoms with Crippen molar-refractivity contribution in [3.8, 4) is 0 Å². The Morgan fingerprint density at radius 1 is 1.16 bits per heavy atom. The van der Waals surface area contributed by atoms with Crippen LogP contribution in [0.3, 0.4) is 0 Å². The summed E-state index contributed by atoms with van der Waals surface area (Å²) in [5.41, 5.74) is 1.79. The molecule has 1 aliphatic rings. The number of hydrogen-bond acceptors (Lipinski definition) is 2. The standard InChI is InChI=1S/C16H17FO2/c1-18-15-8-4-6-13(16(15)19-2)10-9-12-5-3-7-14(17)11-12/h3,5-7,9-11H,4,8H2,1-2H3/b10-9+. The highest BCUT2D eigenvalue weighted by Gasteiger charge is 2.15. The van der Waals surface area contributed by atoms with E-state index in [1.54, 1.807) is 20.3 Å². The van der Waals surface area contributed by atoms with Crippen LogP contribution >= 0.6 is 0 Å². The molecule has 0 fully saturated rings. The summed E-state index contributed by atoms with van der Waals surface area (Å²) in [5, 5.41) is 0. The maximum atomic E-state index is 13.1. The van der Waals surface area contributed by atoms with Crippen molar-refractivity contribution in [3.05, 3.63) is 64.9 Å². The summed E-state index contributed by atoms with van der Waals surface area (Å²) in [6, 6.07) is 6.47. The SMILES string of the molecule is COC1=C(OC)C(/C=C/c2cccc(F)c2)=CCC1. The Kier molecular flexibility index (Phi) is 4.39. The van der Waals surface area contributed by atoms with E-state index in [0.717, 1.165) is 35.5 Å². The van der Waals surface area contributed by atoms with Gasteiger partial charge in [-0.1, -0.05) is 30.4 Å². The molecule has 0 spiro atoms. The second-order valence-electron chi connectivity index (χ2n) is 4.25. The molecule has 0 saturated carbocycles. The highest BCUT2D eigenvalue weighted by molar-refractivity contribution is 5.56. The first-order valence-corrected chi connectivity index (χ1v) is 6.20. The number of methoxy groups -OCH3 is 2. The van der Waals surface area contributed by atoms with Gasteiger partial charge in [-0.2, -0.15) is 0 Å². The molecule has 2 nitrogen and oxygen atoms in total. The average molecular weight is 260 g/mol. The molecule has 0 heterocycles. The number of ether oxygens (including phenoxy) is 2. The third kappa shape index (κ3) is 3.25. The highest BCUT2D eigenvalue weighted by atomic mass is 19.1. The molecule has 19 heavy (non-hydrogen) atoms. The lowest BCUT2D eigenvalue weighted by atomic mass is 10.0. The molecule has 0 amide bonds. The van der Waals surface area contributed by atoms with Crippen molar-refractivity contribution < 1.29 is 13.9 Å². The first kappa shape index (κ1) is 13.4. The number of allylic oxidation sites excluding steroid dienone is 3. The van der Waals surface area contributed by atoms with E-state index in [4.69, 9.17) is 9.47 Å². The van der Waals surface area contributed by atoms with Gasteiger partial charge in [0.25, 0.3) is 0 Å². The third-order valence-electron chi connectivity index (χ3n) is 3.01. The Bertz CT molecular complexity index is 541. The summed E-state index contributed by atoms with van der Waals surface area (Å²) in [6.07, 6.45) is 7.64. The van der Waals surface area contributed by atoms with E-state index in [2.05, 4.69) is 6.08 Å². The summed E-state index contributed by atoms with van der Waals surface area (Å²) < 4.78 is 23.8. The monoisotopic (exact) mass is 260 g/mol. The number of benzene rings is 1. The molecule has 2 rings (SSSR count). The lowest BCUT2D eigenvalue weighted by Gasteiger charge is -2.17. The normalized spacial score (nSPS) is 15.6. The largest absolute Gasteiger partial charge is 0.497 e.